The van der Waals surface area contributed by atoms with E-state index < -0.39 is 0 Å². The van der Waals surface area contributed by atoms with Crippen LogP contribution in [0.4, 0.5) is 0 Å². The van der Waals surface area contributed by atoms with Gasteiger partial charge in [0.15, 0.2) is 0 Å². The maximum absolute atomic E-state index is 13.0. The minimum Gasteiger partial charge on any atom is -0.339 e. The topological polar surface area (TPSA) is 59.2 Å². The lowest BCUT2D eigenvalue weighted by Gasteiger charge is -2.30. The van der Waals surface area contributed by atoms with Crippen molar-refractivity contribution in [3.05, 3.63) is 59.1 Å². The molecule has 1 aliphatic rings. The van der Waals surface area contributed by atoms with E-state index in [4.69, 9.17) is 16.1 Å². The van der Waals surface area contributed by atoms with Crippen molar-refractivity contribution >= 4 is 17.5 Å². The van der Waals surface area contributed by atoms with E-state index in [-0.39, 0.29) is 5.91 Å². The van der Waals surface area contributed by atoms with Gasteiger partial charge < -0.3 is 9.42 Å². The average Bonchev–Trinajstić information content (AvgIpc) is 3.18. The van der Waals surface area contributed by atoms with E-state index in [0.29, 0.717) is 39.3 Å². The molecule has 1 aromatic heterocycles. The van der Waals surface area contributed by atoms with Crippen molar-refractivity contribution in [3.63, 3.8) is 0 Å². The fourth-order valence-electron chi connectivity index (χ4n) is 3.32. The zero-order valence-electron chi connectivity index (χ0n) is 15.1. The van der Waals surface area contributed by atoms with Crippen molar-refractivity contribution in [1.82, 2.24) is 15.0 Å². The summed E-state index contributed by atoms with van der Waals surface area (Å²) in [4.78, 5) is 19.4. The standard InChI is InChI=1S/C21H20ClN3O2/c1-14-10-12-25(13-11-14)21(26)16-7-3-2-6-15(16)20-23-19(24-27-20)17-8-4-5-9-18(17)22/h2-9,14H,10-13H2,1H3. The molecule has 5 nitrogen and oxygen atoms in total. The first-order chi connectivity index (χ1) is 13.1. The van der Waals surface area contributed by atoms with Crippen molar-refractivity contribution in [2.45, 2.75) is 19.8 Å². The molecule has 0 radical (unpaired) electrons. The molecule has 27 heavy (non-hydrogen) atoms. The monoisotopic (exact) mass is 381 g/mol. The molecule has 0 spiro atoms. The molecule has 2 aromatic carbocycles. The van der Waals surface area contributed by atoms with Crippen LogP contribution in [-0.2, 0) is 0 Å². The second-order valence-electron chi connectivity index (χ2n) is 6.92. The summed E-state index contributed by atoms with van der Waals surface area (Å²) in [6.45, 7) is 3.79. The minimum absolute atomic E-state index is 0.00925. The third kappa shape index (κ3) is 3.60. The van der Waals surface area contributed by atoms with Gasteiger partial charge >= 0.3 is 0 Å². The number of aromatic nitrogens is 2. The summed E-state index contributed by atoms with van der Waals surface area (Å²) in [5.41, 5.74) is 1.93. The van der Waals surface area contributed by atoms with Gasteiger partial charge in [-0.05, 0) is 43.0 Å². The zero-order chi connectivity index (χ0) is 18.8. The molecule has 3 aromatic rings. The van der Waals surface area contributed by atoms with E-state index in [0.717, 1.165) is 25.9 Å². The van der Waals surface area contributed by atoms with E-state index in [9.17, 15) is 4.79 Å². The summed E-state index contributed by atoms with van der Waals surface area (Å²) < 4.78 is 5.46. The van der Waals surface area contributed by atoms with Gasteiger partial charge in [0.1, 0.15) is 0 Å². The fourth-order valence-corrected chi connectivity index (χ4v) is 3.54. The van der Waals surface area contributed by atoms with Crippen molar-refractivity contribution in [2.24, 2.45) is 5.92 Å². The highest BCUT2D eigenvalue weighted by atomic mass is 35.5. The van der Waals surface area contributed by atoms with Crippen LogP contribution in [0.1, 0.15) is 30.1 Å². The number of halogens is 1. The van der Waals surface area contributed by atoms with E-state index >= 15 is 0 Å². The Labute approximate surface area is 163 Å². The van der Waals surface area contributed by atoms with Gasteiger partial charge in [-0.1, -0.05) is 47.9 Å². The van der Waals surface area contributed by atoms with Crippen LogP contribution >= 0.6 is 11.6 Å². The number of benzene rings is 2. The van der Waals surface area contributed by atoms with Crippen molar-refractivity contribution < 1.29 is 9.32 Å². The maximum Gasteiger partial charge on any atom is 0.259 e. The van der Waals surface area contributed by atoms with Crippen LogP contribution in [-0.4, -0.2) is 34.0 Å². The van der Waals surface area contributed by atoms with E-state index in [1.165, 1.54) is 0 Å². The van der Waals surface area contributed by atoms with Crippen molar-refractivity contribution in [1.29, 1.82) is 0 Å². The van der Waals surface area contributed by atoms with Gasteiger partial charge in [-0.15, -0.1) is 0 Å². The van der Waals surface area contributed by atoms with Crippen molar-refractivity contribution in [3.8, 4) is 22.8 Å². The predicted molar refractivity (Wildman–Crippen MR) is 104 cm³/mol. The molecular weight excluding hydrogens is 362 g/mol. The molecule has 0 N–H and O–H groups in total. The minimum atomic E-state index is 0.00925. The summed E-state index contributed by atoms with van der Waals surface area (Å²) >= 11 is 6.23. The predicted octanol–water partition coefficient (Wildman–Crippen LogP) is 4.93. The third-order valence-corrected chi connectivity index (χ3v) is 5.33. The van der Waals surface area contributed by atoms with Crippen LogP contribution < -0.4 is 0 Å². The molecule has 1 amide bonds. The van der Waals surface area contributed by atoms with Gasteiger partial charge in [0, 0.05) is 18.7 Å². The quantitative estimate of drug-likeness (QED) is 0.645. The maximum atomic E-state index is 13.0. The molecule has 1 saturated heterocycles. The lowest BCUT2D eigenvalue weighted by atomic mass is 9.98. The second kappa shape index (κ2) is 7.53. The van der Waals surface area contributed by atoms with Crippen LogP contribution in [0.3, 0.4) is 0 Å². The summed E-state index contributed by atoms with van der Waals surface area (Å²) in [5.74, 6) is 1.40. The van der Waals surface area contributed by atoms with E-state index in [1.807, 2.05) is 47.4 Å². The summed E-state index contributed by atoms with van der Waals surface area (Å²) in [7, 11) is 0. The van der Waals surface area contributed by atoms with Crippen LogP contribution in [0.25, 0.3) is 22.8 Å². The highest BCUT2D eigenvalue weighted by Gasteiger charge is 2.25. The number of hydrogen-bond acceptors (Lipinski definition) is 4. The normalized spacial score (nSPS) is 15.1. The highest BCUT2D eigenvalue weighted by Crippen LogP contribution is 2.30. The number of carbonyl (C=O) groups excluding carboxylic acids is 1. The third-order valence-electron chi connectivity index (χ3n) is 5.00. The van der Waals surface area contributed by atoms with Crippen LogP contribution in [0.5, 0.6) is 0 Å². The molecule has 1 fully saturated rings. The van der Waals surface area contributed by atoms with E-state index in [1.54, 1.807) is 6.07 Å². The van der Waals surface area contributed by atoms with E-state index in [2.05, 4.69) is 17.1 Å². The summed E-state index contributed by atoms with van der Waals surface area (Å²) in [5, 5.41) is 4.60. The zero-order valence-corrected chi connectivity index (χ0v) is 15.8. The van der Waals surface area contributed by atoms with Gasteiger partial charge in [0.2, 0.25) is 5.82 Å². The van der Waals surface area contributed by atoms with Crippen LogP contribution in [0, 0.1) is 5.92 Å². The number of amides is 1. The molecule has 4 rings (SSSR count). The van der Waals surface area contributed by atoms with Crippen LogP contribution in [0.15, 0.2) is 53.1 Å². The first kappa shape index (κ1) is 17.7. The first-order valence-corrected chi connectivity index (χ1v) is 9.48. The molecule has 0 atom stereocenters. The van der Waals surface area contributed by atoms with Gasteiger partial charge in [-0.3, -0.25) is 4.79 Å². The number of likely N-dealkylation sites (tertiary alicyclic amines) is 1. The fraction of sp³-hybridized carbons (Fsp3) is 0.286. The van der Waals surface area contributed by atoms with Crippen LogP contribution in [0.2, 0.25) is 5.02 Å². The number of hydrogen-bond donors (Lipinski definition) is 0. The molecule has 138 valence electrons. The Morgan fingerprint density at radius 1 is 1.07 bits per heavy atom. The summed E-state index contributed by atoms with van der Waals surface area (Å²) in [6, 6.07) is 14.7. The Bertz CT molecular complexity index is 961. The molecule has 6 heteroatoms. The Balaban J connectivity index is 1.66. The van der Waals surface area contributed by atoms with Gasteiger partial charge in [-0.2, -0.15) is 4.98 Å². The van der Waals surface area contributed by atoms with Crippen molar-refractivity contribution in [2.75, 3.05) is 13.1 Å². The molecule has 0 saturated carbocycles. The Hall–Kier alpha value is -2.66. The number of piperidine rings is 1. The number of rotatable bonds is 3. The second-order valence-corrected chi connectivity index (χ2v) is 7.33. The SMILES string of the molecule is CC1CCN(C(=O)c2ccccc2-c2nc(-c3ccccc3Cl)no2)CC1. The largest absolute Gasteiger partial charge is 0.339 e. The molecule has 2 heterocycles. The lowest BCUT2D eigenvalue weighted by molar-refractivity contribution is 0.0697. The Morgan fingerprint density at radius 2 is 1.74 bits per heavy atom. The van der Waals surface area contributed by atoms with Gasteiger partial charge in [0.25, 0.3) is 11.8 Å². The molecular formula is C21H20ClN3O2. The molecule has 0 bridgehead atoms. The average molecular weight is 382 g/mol. The number of nitrogens with zero attached hydrogens (tertiary/aromatic N) is 3. The van der Waals surface area contributed by atoms with Gasteiger partial charge in [0.05, 0.1) is 16.1 Å². The highest BCUT2D eigenvalue weighted by molar-refractivity contribution is 6.33. The smallest absolute Gasteiger partial charge is 0.259 e. The Morgan fingerprint density at radius 3 is 2.48 bits per heavy atom. The molecule has 0 unspecified atom stereocenters. The number of carbonyl (C=O) groups is 1. The molecule has 1 aliphatic heterocycles. The first-order valence-electron chi connectivity index (χ1n) is 9.11. The summed E-state index contributed by atoms with van der Waals surface area (Å²) in [6.07, 6.45) is 2.07. The van der Waals surface area contributed by atoms with Gasteiger partial charge in [-0.25, -0.2) is 0 Å². The molecule has 0 aliphatic carbocycles. The lowest BCUT2D eigenvalue weighted by Crippen LogP contribution is -2.38. The Kier molecular flexibility index (Phi) is 4.94.